The lowest BCUT2D eigenvalue weighted by molar-refractivity contribution is -0.123. The Balaban J connectivity index is 1.61. The van der Waals surface area contributed by atoms with Crippen LogP contribution < -0.4 is 0 Å². The number of aryl methyl sites for hydroxylation is 1. The number of carbonyl (C=O) groups is 1. The number of allylic oxidation sites excluding steroid dienone is 7. The molecule has 0 bridgehead atoms. The molecule has 3 nitrogen and oxygen atoms in total. The first-order valence-corrected chi connectivity index (χ1v) is 19.7. The highest BCUT2D eigenvalue weighted by molar-refractivity contribution is 6.40. The number of nitrogens with zero attached hydrogens (tertiary/aromatic N) is 2. The van der Waals surface area contributed by atoms with Crippen LogP contribution in [0.4, 0.5) is 13.2 Å². The van der Waals surface area contributed by atoms with Crippen LogP contribution in [0.15, 0.2) is 101 Å². The third-order valence-corrected chi connectivity index (χ3v) is 12.7. The number of benzene rings is 2. The molecular weight excluding hydrogens is 666 g/mol. The smallest absolute Gasteiger partial charge is 0.272 e. The van der Waals surface area contributed by atoms with Crippen LogP contribution >= 0.6 is 0 Å². The van der Waals surface area contributed by atoms with Gasteiger partial charge in [-0.05, 0) is 115 Å². The summed E-state index contributed by atoms with van der Waals surface area (Å²) in [5, 5.41) is 0. The highest BCUT2D eigenvalue weighted by Gasteiger charge is 2.40. The molecular formula is C47H59F3N2O. The van der Waals surface area contributed by atoms with E-state index in [9.17, 15) is 13.6 Å². The Kier molecular flexibility index (Phi) is 12.3. The van der Waals surface area contributed by atoms with Gasteiger partial charge in [0, 0.05) is 23.6 Å². The minimum atomic E-state index is -0.873. The van der Waals surface area contributed by atoms with Crippen molar-refractivity contribution in [2.45, 2.75) is 106 Å². The molecule has 0 spiro atoms. The fraction of sp³-hybridized carbons (Fsp3) is 0.489. The van der Waals surface area contributed by atoms with Gasteiger partial charge in [-0.1, -0.05) is 110 Å². The largest absolute Gasteiger partial charge is 0.311 e. The SMILES string of the molecule is C=CCC1=CC(C2=CC(Cc3ccc(F)c(F)c3)C(C)C(C)C(C(=O)N(CC)C3=CC(CC)C(C)(C)CC3C)=N2)=CCC1(C)c1ccc(CC)c(F)c1. The van der Waals surface area contributed by atoms with Crippen molar-refractivity contribution in [1.82, 2.24) is 4.90 Å². The fourth-order valence-corrected chi connectivity index (χ4v) is 9.03. The van der Waals surface area contributed by atoms with Gasteiger partial charge in [0.25, 0.3) is 5.91 Å². The zero-order valence-electron chi connectivity index (χ0n) is 33.3. The summed E-state index contributed by atoms with van der Waals surface area (Å²) in [6.45, 7) is 24.0. The van der Waals surface area contributed by atoms with Crippen molar-refractivity contribution in [2.75, 3.05) is 6.54 Å². The maximum Gasteiger partial charge on any atom is 0.272 e. The minimum Gasteiger partial charge on any atom is -0.311 e. The van der Waals surface area contributed by atoms with Crippen LogP contribution in [0.2, 0.25) is 0 Å². The first-order chi connectivity index (χ1) is 25.1. The molecule has 1 aliphatic heterocycles. The van der Waals surface area contributed by atoms with Gasteiger partial charge in [-0.3, -0.25) is 4.79 Å². The third kappa shape index (κ3) is 8.12. The van der Waals surface area contributed by atoms with Crippen molar-refractivity contribution in [1.29, 1.82) is 0 Å². The molecule has 2 aliphatic carbocycles. The van der Waals surface area contributed by atoms with E-state index < -0.39 is 17.0 Å². The van der Waals surface area contributed by atoms with E-state index in [0.29, 0.717) is 60.7 Å². The number of carbonyl (C=O) groups excluding carboxylic acids is 1. The van der Waals surface area contributed by atoms with Crippen LogP contribution in [0.25, 0.3) is 0 Å². The van der Waals surface area contributed by atoms with E-state index in [-0.39, 0.29) is 40.8 Å². The number of hydrogen-bond donors (Lipinski definition) is 0. The van der Waals surface area contributed by atoms with Crippen molar-refractivity contribution >= 4 is 11.6 Å². The average Bonchev–Trinajstić information content (AvgIpc) is 3.23. The number of aliphatic imine (C=N–C) groups is 1. The summed E-state index contributed by atoms with van der Waals surface area (Å²) in [6.07, 6.45) is 14.9. The van der Waals surface area contributed by atoms with Crippen LogP contribution in [0.5, 0.6) is 0 Å². The van der Waals surface area contributed by atoms with Crippen molar-refractivity contribution in [2.24, 2.45) is 40.0 Å². The quantitative estimate of drug-likeness (QED) is 0.212. The van der Waals surface area contributed by atoms with Gasteiger partial charge in [-0.15, -0.1) is 6.58 Å². The molecule has 0 radical (unpaired) electrons. The van der Waals surface area contributed by atoms with Crippen molar-refractivity contribution in [3.8, 4) is 0 Å². The van der Waals surface area contributed by atoms with E-state index in [1.165, 1.54) is 12.1 Å². The van der Waals surface area contributed by atoms with E-state index in [4.69, 9.17) is 4.99 Å². The van der Waals surface area contributed by atoms with Crippen LogP contribution in [0.1, 0.15) is 105 Å². The van der Waals surface area contributed by atoms with Gasteiger partial charge in [0.15, 0.2) is 11.6 Å². The number of halogens is 3. The lowest BCUT2D eigenvalue weighted by Gasteiger charge is -2.43. The highest BCUT2D eigenvalue weighted by Crippen LogP contribution is 2.46. The Morgan fingerprint density at radius 2 is 1.72 bits per heavy atom. The van der Waals surface area contributed by atoms with E-state index >= 15 is 4.39 Å². The predicted octanol–water partition coefficient (Wildman–Crippen LogP) is 12.1. The van der Waals surface area contributed by atoms with Gasteiger partial charge in [0.05, 0.1) is 5.70 Å². The minimum absolute atomic E-state index is 0.0340. The summed E-state index contributed by atoms with van der Waals surface area (Å²) < 4.78 is 43.5. The normalized spacial score (nSPS) is 27.1. The predicted molar refractivity (Wildman–Crippen MR) is 213 cm³/mol. The average molecular weight is 725 g/mol. The van der Waals surface area contributed by atoms with Gasteiger partial charge in [-0.25, -0.2) is 18.2 Å². The molecule has 2 aromatic carbocycles. The number of rotatable bonds is 11. The molecule has 0 saturated heterocycles. The second kappa shape index (κ2) is 16.2. The van der Waals surface area contributed by atoms with Crippen molar-refractivity contribution in [3.05, 3.63) is 130 Å². The molecule has 0 aromatic heterocycles. The van der Waals surface area contributed by atoms with Crippen molar-refractivity contribution in [3.63, 3.8) is 0 Å². The summed E-state index contributed by atoms with van der Waals surface area (Å²) in [5.74, 6) is -1.81. The fourth-order valence-electron chi connectivity index (χ4n) is 9.03. The zero-order chi connectivity index (χ0) is 38.8. The van der Waals surface area contributed by atoms with Crippen molar-refractivity contribution < 1.29 is 18.0 Å². The van der Waals surface area contributed by atoms with E-state index in [1.54, 1.807) is 12.1 Å². The molecule has 284 valence electrons. The topological polar surface area (TPSA) is 32.7 Å². The van der Waals surface area contributed by atoms with Gasteiger partial charge in [-0.2, -0.15) is 0 Å². The molecule has 6 heteroatoms. The molecule has 0 saturated carbocycles. The maximum atomic E-state index is 15.1. The Bertz CT molecular complexity index is 1880. The van der Waals surface area contributed by atoms with E-state index in [2.05, 4.69) is 79.3 Å². The van der Waals surface area contributed by atoms with E-state index in [0.717, 1.165) is 35.2 Å². The van der Waals surface area contributed by atoms with Crippen LogP contribution in [0, 0.1) is 52.5 Å². The van der Waals surface area contributed by atoms with Gasteiger partial charge in [0.1, 0.15) is 11.5 Å². The maximum absolute atomic E-state index is 15.1. The molecule has 3 aliphatic rings. The van der Waals surface area contributed by atoms with Crippen LogP contribution in [-0.4, -0.2) is 23.1 Å². The number of amides is 1. The molecule has 1 heterocycles. The summed E-state index contributed by atoms with van der Waals surface area (Å²) in [6, 6.07) is 9.67. The Labute approximate surface area is 316 Å². The molecule has 6 atom stereocenters. The summed E-state index contributed by atoms with van der Waals surface area (Å²) in [7, 11) is 0. The lowest BCUT2D eigenvalue weighted by Crippen LogP contribution is -2.44. The zero-order valence-corrected chi connectivity index (χ0v) is 33.3. The summed E-state index contributed by atoms with van der Waals surface area (Å²) in [4.78, 5) is 22.1. The third-order valence-electron chi connectivity index (χ3n) is 12.7. The molecule has 0 N–H and O–H groups in total. The Morgan fingerprint density at radius 1 is 0.981 bits per heavy atom. The monoisotopic (exact) mass is 724 g/mol. The van der Waals surface area contributed by atoms with Crippen LogP contribution in [-0.2, 0) is 23.1 Å². The molecule has 1 amide bonds. The molecule has 6 unspecified atom stereocenters. The summed E-state index contributed by atoms with van der Waals surface area (Å²) in [5.41, 5.74) is 6.23. The standard InChI is InChI=1S/C47H59F3N2O/c1-11-15-37-24-34(20-21-47(37,10)38-18-17-33(12-2)40(49)26-38)42-25-35(22-32-16-19-39(48)41(50)23-32)30(6)31(7)44(51-42)45(53)52(14-4)43-27-36(13-3)46(8,9)28-29(43)5/h11,16-20,23-27,29-31,35-36H,1,12-15,21-22,28H2,2-10H3. The van der Waals surface area contributed by atoms with Gasteiger partial charge in [0.2, 0.25) is 0 Å². The van der Waals surface area contributed by atoms with E-state index in [1.807, 2.05) is 37.0 Å². The van der Waals surface area contributed by atoms with Gasteiger partial charge < -0.3 is 4.90 Å². The van der Waals surface area contributed by atoms with Gasteiger partial charge >= 0.3 is 0 Å². The second-order valence-electron chi connectivity index (χ2n) is 16.6. The highest BCUT2D eigenvalue weighted by atomic mass is 19.2. The molecule has 2 aromatic rings. The first kappa shape index (κ1) is 40.3. The molecule has 5 rings (SSSR count). The Hall–Kier alpha value is -3.93. The lowest BCUT2D eigenvalue weighted by atomic mass is 9.67. The Morgan fingerprint density at radius 3 is 2.34 bits per heavy atom. The number of hydrogen-bond acceptors (Lipinski definition) is 2. The molecule has 0 fully saturated rings. The summed E-state index contributed by atoms with van der Waals surface area (Å²) >= 11 is 0. The molecule has 53 heavy (non-hydrogen) atoms. The van der Waals surface area contributed by atoms with Crippen LogP contribution in [0.3, 0.4) is 0 Å². The first-order valence-electron chi connectivity index (χ1n) is 19.7. The second-order valence-corrected chi connectivity index (χ2v) is 16.6.